The Morgan fingerprint density at radius 1 is 0.833 bits per heavy atom. The highest BCUT2D eigenvalue weighted by atomic mass is 16.5. The Hall–Kier alpha value is -1.58. The first-order valence-corrected chi connectivity index (χ1v) is 9.17. The summed E-state index contributed by atoms with van der Waals surface area (Å²) in [4.78, 5) is 21.6. The molecular weight excluding hydrogens is 304 g/mol. The van der Waals surface area contributed by atoms with Crippen LogP contribution in [0, 0.1) is 0 Å². The molecule has 0 radical (unpaired) electrons. The molecule has 0 N–H and O–H groups in total. The maximum atomic E-state index is 11.1. The zero-order valence-corrected chi connectivity index (χ0v) is 15.9. The Morgan fingerprint density at radius 2 is 1.33 bits per heavy atom. The van der Waals surface area contributed by atoms with Crippen LogP contribution in [0.15, 0.2) is 24.8 Å². The number of hydrogen-bond donors (Lipinski definition) is 0. The van der Waals surface area contributed by atoms with Crippen LogP contribution in [0.1, 0.15) is 78.6 Å². The molecular formula is C20H36O4. The minimum atomic E-state index is -0.318. The molecule has 4 heteroatoms. The average Bonchev–Trinajstić information content (AvgIpc) is 2.60. The topological polar surface area (TPSA) is 52.6 Å². The molecule has 140 valence electrons. The SMILES string of the molecule is C=C(CC)C(=O)OCCCCCC.C=CC(=O)OCCCCCC. The molecule has 0 aliphatic heterocycles. The van der Waals surface area contributed by atoms with Gasteiger partial charge in [-0.25, -0.2) is 9.59 Å². The zero-order valence-electron chi connectivity index (χ0n) is 15.9. The van der Waals surface area contributed by atoms with Crippen molar-refractivity contribution in [2.45, 2.75) is 78.6 Å². The molecule has 24 heavy (non-hydrogen) atoms. The van der Waals surface area contributed by atoms with Crippen LogP contribution in [0.4, 0.5) is 0 Å². The molecule has 0 saturated carbocycles. The van der Waals surface area contributed by atoms with Crippen molar-refractivity contribution in [2.24, 2.45) is 0 Å². The smallest absolute Gasteiger partial charge is 0.333 e. The maximum Gasteiger partial charge on any atom is 0.333 e. The van der Waals surface area contributed by atoms with Crippen molar-refractivity contribution in [1.82, 2.24) is 0 Å². The lowest BCUT2D eigenvalue weighted by Crippen LogP contribution is -2.07. The fraction of sp³-hybridized carbons (Fsp3) is 0.700. The van der Waals surface area contributed by atoms with Crippen LogP contribution in [-0.2, 0) is 19.1 Å². The van der Waals surface area contributed by atoms with Gasteiger partial charge in [-0.05, 0) is 19.3 Å². The number of ether oxygens (including phenoxy) is 2. The highest BCUT2D eigenvalue weighted by Gasteiger charge is 2.04. The molecule has 0 bridgehead atoms. The zero-order chi connectivity index (χ0) is 18.6. The van der Waals surface area contributed by atoms with E-state index in [4.69, 9.17) is 9.47 Å². The molecule has 0 aromatic carbocycles. The summed E-state index contributed by atoms with van der Waals surface area (Å²) >= 11 is 0. The molecule has 0 spiro atoms. The second-order valence-electron chi connectivity index (χ2n) is 5.59. The summed E-state index contributed by atoms with van der Waals surface area (Å²) in [6, 6.07) is 0. The largest absolute Gasteiger partial charge is 0.463 e. The Kier molecular flexibility index (Phi) is 20.0. The molecule has 0 aromatic rings. The molecule has 0 heterocycles. The van der Waals surface area contributed by atoms with Crippen molar-refractivity contribution in [1.29, 1.82) is 0 Å². The second-order valence-corrected chi connectivity index (χ2v) is 5.59. The minimum absolute atomic E-state index is 0.237. The monoisotopic (exact) mass is 340 g/mol. The number of esters is 2. The lowest BCUT2D eigenvalue weighted by Gasteiger charge is -2.04. The normalized spacial score (nSPS) is 9.46. The Morgan fingerprint density at radius 3 is 1.75 bits per heavy atom. The van der Waals surface area contributed by atoms with Gasteiger partial charge in [-0.1, -0.05) is 72.5 Å². The average molecular weight is 341 g/mol. The minimum Gasteiger partial charge on any atom is -0.463 e. The molecule has 4 nitrogen and oxygen atoms in total. The van der Waals surface area contributed by atoms with Gasteiger partial charge in [0.25, 0.3) is 0 Å². The lowest BCUT2D eigenvalue weighted by atomic mass is 10.2. The van der Waals surface area contributed by atoms with E-state index in [1.807, 2.05) is 6.92 Å². The van der Waals surface area contributed by atoms with Crippen LogP contribution < -0.4 is 0 Å². The van der Waals surface area contributed by atoms with E-state index in [0.29, 0.717) is 25.2 Å². The Labute approximate surface area is 148 Å². The molecule has 0 saturated heterocycles. The van der Waals surface area contributed by atoms with E-state index < -0.39 is 0 Å². The number of hydrogen-bond acceptors (Lipinski definition) is 4. The van der Waals surface area contributed by atoms with Crippen molar-refractivity contribution in [3.8, 4) is 0 Å². The van der Waals surface area contributed by atoms with Crippen molar-refractivity contribution in [2.75, 3.05) is 13.2 Å². The van der Waals surface area contributed by atoms with E-state index in [0.717, 1.165) is 25.7 Å². The maximum absolute atomic E-state index is 11.1. The van der Waals surface area contributed by atoms with Gasteiger partial charge >= 0.3 is 11.9 Å². The van der Waals surface area contributed by atoms with Gasteiger partial charge in [0.1, 0.15) is 0 Å². The summed E-state index contributed by atoms with van der Waals surface area (Å²) in [5.41, 5.74) is 0.565. The van der Waals surface area contributed by atoms with E-state index >= 15 is 0 Å². The van der Waals surface area contributed by atoms with Crippen LogP contribution >= 0.6 is 0 Å². The van der Waals surface area contributed by atoms with Crippen LogP contribution in [0.2, 0.25) is 0 Å². The standard InChI is InChI=1S/C11H20O2.C9H16O2/c1-4-6-7-8-9-13-11(12)10(3)5-2;1-3-5-6-7-8-11-9(10)4-2/h3-9H2,1-2H3;4H,2-3,5-8H2,1H3. The number of rotatable bonds is 13. The van der Waals surface area contributed by atoms with E-state index in [9.17, 15) is 9.59 Å². The van der Waals surface area contributed by atoms with E-state index in [-0.39, 0.29) is 11.9 Å². The third-order valence-electron chi connectivity index (χ3n) is 3.36. The highest BCUT2D eigenvalue weighted by Crippen LogP contribution is 2.03. The van der Waals surface area contributed by atoms with Gasteiger partial charge in [-0.2, -0.15) is 0 Å². The van der Waals surface area contributed by atoms with Gasteiger partial charge in [-0.15, -0.1) is 0 Å². The second kappa shape index (κ2) is 19.5. The number of carbonyl (C=O) groups is 2. The molecule has 0 unspecified atom stereocenters. The number of carbonyl (C=O) groups excluding carboxylic acids is 2. The molecule has 0 fully saturated rings. The fourth-order valence-electron chi connectivity index (χ4n) is 1.70. The molecule has 0 aromatic heterocycles. The van der Waals surface area contributed by atoms with Crippen molar-refractivity contribution < 1.29 is 19.1 Å². The summed E-state index contributed by atoms with van der Waals surface area (Å²) in [7, 11) is 0. The van der Waals surface area contributed by atoms with Gasteiger partial charge in [0, 0.05) is 11.6 Å². The van der Waals surface area contributed by atoms with Gasteiger partial charge in [-0.3, -0.25) is 0 Å². The fourth-order valence-corrected chi connectivity index (χ4v) is 1.70. The molecule has 0 atom stereocenters. The van der Waals surface area contributed by atoms with Crippen LogP contribution in [0.3, 0.4) is 0 Å². The number of unbranched alkanes of at least 4 members (excludes halogenated alkanes) is 6. The summed E-state index contributed by atoms with van der Waals surface area (Å²) < 4.78 is 9.78. The van der Waals surface area contributed by atoms with Gasteiger partial charge < -0.3 is 9.47 Å². The van der Waals surface area contributed by atoms with E-state index in [2.05, 4.69) is 27.0 Å². The first-order valence-electron chi connectivity index (χ1n) is 9.17. The van der Waals surface area contributed by atoms with Gasteiger partial charge in [0.05, 0.1) is 13.2 Å². The van der Waals surface area contributed by atoms with Gasteiger partial charge in [0.2, 0.25) is 0 Å². The molecule has 0 amide bonds. The third kappa shape index (κ3) is 18.5. The van der Waals surface area contributed by atoms with Crippen molar-refractivity contribution >= 4 is 11.9 Å². The summed E-state index contributed by atoms with van der Waals surface area (Å²) in [6.45, 7) is 14.2. The van der Waals surface area contributed by atoms with Crippen molar-refractivity contribution in [3.63, 3.8) is 0 Å². The van der Waals surface area contributed by atoms with E-state index in [1.54, 1.807) is 0 Å². The molecule has 0 aliphatic carbocycles. The Balaban J connectivity index is 0. The van der Waals surface area contributed by atoms with E-state index in [1.165, 1.54) is 31.8 Å². The predicted octanol–water partition coefficient (Wildman–Crippen LogP) is 5.37. The molecule has 0 rings (SSSR count). The predicted molar refractivity (Wildman–Crippen MR) is 99.8 cm³/mol. The quantitative estimate of drug-likeness (QED) is 0.257. The van der Waals surface area contributed by atoms with Gasteiger partial charge in [0.15, 0.2) is 0 Å². The first-order chi connectivity index (χ1) is 11.5. The summed E-state index contributed by atoms with van der Waals surface area (Å²) in [6.07, 6.45) is 10.9. The first kappa shape index (κ1) is 24.7. The molecule has 0 aliphatic rings. The Bertz CT molecular complexity index is 348. The van der Waals surface area contributed by atoms with Crippen molar-refractivity contribution in [3.05, 3.63) is 24.8 Å². The highest BCUT2D eigenvalue weighted by molar-refractivity contribution is 5.87. The van der Waals surface area contributed by atoms with Crippen LogP contribution in [0.5, 0.6) is 0 Å². The summed E-state index contributed by atoms with van der Waals surface area (Å²) in [5, 5.41) is 0. The lowest BCUT2D eigenvalue weighted by molar-refractivity contribution is -0.139. The van der Waals surface area contributed by atoms with Crippen LogP contribution in [0.25, 0.3) is 0 Å². The third-order valence-corrected chi connectivity index (χ3v) is 3.36. The van der Waals surface area contributed by atoms with Crippen LogP contribution in [-0.4, -0.2) is 25.2 Å². The summed E-state index contributed by atoms with van der Waals surface area (Å²) in [5.74, 6) is -0.555.